The van der Waals surface area contributed by atoms with Crippen molar-refractivity contribution in [3.8, 4) is 0 Å². The van der Waals surface area contributed by atoms with Crippen LogP contribution in [0.15, 0.2) is 53.7 Å². The standard InChI is InChI=1S/C18H20N2O2/c1-13-5-4-6-16(11-13)12-22-20-14(2)17-7-9-18(10-8-17)19-15(3)21/h4-11H,12H2,1-3H3,(H,19,21). The Kier molecular flexibility index (Phi) is 5.31. The number of nitrogens with zero attached hydrogens (tertiary/aromatic N) is 1. The zero-order chi connectivity index (χ0) is 15.9. The van der Waals surface area contributed by atoms with Crippen molar-refractivity contribution in [2.24, 2.45) is 5.16 Å². The van der Waals surface area contributed by atoms with Crippen molar-refractivity contribution in [2.45, 2.75) is 27.4 Å². The first-order valence-electron chi connectivity index (χ1n) is 7.15. The monoisotopic (exact) mass is 296 g/mol. The molecule has 0 radical (unpaired) electrons. The molecule has 1 N–H and O–H groups in total. The third kappa shape index (κ3) is 4.74. The third-order valence-corrected chi connectivity index (χ3v) is 3.14. The van der Waals surface area contributed by atoms with Crippen molar-refractivity contribution in [2.75, 3.05) is 5.32 Å². The molecule has 0 bridgehead atoms. The van der Waals surface area contributed by atoms with E-state index in [2.05, 4.69) is 29.5 Å². The first-order valence-corrected chi connectivity index (χ1v) is 7.15. The molecule has 0 saturated carbocycles. The maximum atomic E-state index is 11.0. The average molecular weight is 296 g/mol. The highest BCUT2D eigenvalue weighted by Gasteiger charge is 2.00. The number of carbonyl (C=O) groups excluding carboxylic acids is 1. The Labute approximate surface area is 130 Å². The Bertz CT molecular complexity index is 676. The van der Waals surface area contributed by atoms with E-state index in [1.165, 1.54) is 12.5 Å². The van der Waals surface area contributed by atoms with Gasteiger partial charge < -0.3 is 10.2 Å². The summed E-state index contributed by atoms with van der Waals surface area (Å²) in [5.74, 6) is -0.0837. The highest BCUT2D eigenvalue weighted by molar-refractivity contribution is 5.99. The van der Waals surface area contributed by atoms with Gasteiger partial charge in [-0.1, -0.05) is 47.1 Å². The molecule has 4 nitrogen and oxygen atoms in total. The van der Waals surface area contributed by atoms with Gasteiger partial charge in [0.15, 0.2) is 0 Å². The molecule has 0 aliphatic rings. The maximum Gasteiger partial charge on any atom is 0.221 e. The van der Waals surface area contributed by atoms with Crippen LogP contribution in [0.2, 0.25) is 0 Å². The third-order valence-electron chi connectivity index (χ3n) is 3.14. The van der Waals surface area contributed by atoms with Crippen LogP contribution in [0.5, 0.6) is 0 Å². The van der Waals surface area contributed by atoms with Crippen LogP contribution in [0, 0.1) is 6.92 Å². The van der Waals surface area contributed by atoms with Crippen LogP contribution in [0.4, 0.5) is 5.69 Å². The zero-order valence-electron chi connectivity index (χ0n) is 13.1. The summed E-state index contributed by atoms with van der Waals surface area (Å²) in [7, 11) is 0. The molecule has 0 aliphatic heterocycles. The van der Waals surface area contributed by atoms with E-state index in [1.807, 2.05) is 43.3 Å². The fraction of sp³-hybridized carbons (Fsp3) is 0.222. The van der Waals surface area contributed by atoms with Gasteiger partial charge in [-0.05, 0) is 37.1 Å². The van der Waals surface area contributed by atoms with Crippen LogP contribution in [0.1, 0.15) is 30.5 Å². The molecule has 0 atom stereocenters. The minimum atomic E-state index is -0.0837. The SMILES string of the molecule is CC(=O)Nc1ccc(C(C)=NOCc2cccc(C)c2)cc1. The molecular weight excluding hydrogens is 276 g/mol. The van der Waals surface area contributed by atoms with Gasteiger partial charge in [-0.3, -0.25) is 4.79 Å². The zero-order valence-corrected chi connectivity index (χ0v) is 13.1. The molecule has 0 unspecified atom stereocenters. The van der Waals surface area contributed by atoms with Crippen LogP contribution in [0.25, 0.3) is 0 Å². The average Bonchev–Trinajstić information content (AvgIpc) is 2.47. The van der Waals surface area contributed by atoms with Crippen LogP contribution in [-0.4, -0.2) is 11.6 Å². The molecule has 114 valence electrons. The van der Waals surface area contributed by atoms with Gasteiger partial charge in [0.1, 0.15) is 6.61 Å². The summed E-state index contributed by atoms with van der Waals surface area (Å²) >= 11 is 0. The van der Waals surface area contributed by atoms with Gasteiger partial charge in [0.25, 0.3) is 0 Å². The number of aryl methyl sites for hydroxylation is 1. The van der Waals surface area contributed by atoms with E-state index in [0.717, 1.165) is 22.5 Å². The number of hydrogen-bond acceptors (Lipinski definition) is 3. The van der Waals surface area contributed by atoms with E-state index in [-0.39, 0.29) is 5.91 Å². The topological polar surface area (TPSA) is 50.7 Å². The lowest BCUT2D eigenvalue weighted by Gasteiger charge is -2.05. The van der Waals surface area contributed by atoms with E-state index in [0.29, 0.717) is 6.61 Å². The molecule has 0 aliphatic carbocycles. The van der Waals surface area contributed by atoms with Crippen molar-refractivity contribution in [3.63, 3.8) is 0 Å². The van der Waals surface area contributed by atoms with Crippen molar-refractivity contribution in [1.82, 2.24) is 0 Å². The lowest BCUT2D eigenvalue weighted by Crippen LogP contribution is -2.06. The molecule has 0 spiro atoms. The molecule has 2 aromatic carbocycles. The number of nitrogens with one attached hydrogen (secondary N) is 1. The summed E-state index contributed by atoms with van der Waals surface area (Å²) < 4.78 is 0. The van der Waals surface area contributed by atoms with Crippen LogP contribution < -0.4 is 5.32 Å². The number of amides is 1. The van der Waals surface area contributed by atoms with Crippen LogP contribution in [0.3, 0.4) is 0 Å². The predicted octanol–water partition coefficient (Wildman–Crippen LogP) is 3.89. The van der Waals surface area contributed by atoms with Gasteiger partial charge in [0.05, 0.1) is 5.71 Å². The molecule has 0 saturated heterocycles. The summed E-state index contributed by atoms with van der Waals surface area (Å²) in [6.07, 6.45) is 0. The lowest BCUT2D eigenvalue weighted by atomic mass is 10.1. The van der Waals surface area contributed by atoms with Gasteiger partial charge in [-0.25, -0.2) is 0 Å². The van der Waals surface area contributed by atoms with E-state index in [9.17, 15) is 4.79 Å². The Morgan fingerprint density at radius 1 is 1.14 bits per heavy atom. The number of benzene rings is 2. The molecule has 2 rings (SSSR count). The molecule has 2 aromatic rings. The lowest BCUT2D eigenvalue weighted by molar-refractivity contribution is -0.114. The molecular formula is C18H20N2O2. The van der Waals surface area contributed by atoms with E-state index < -0.39 is 0 Å². The number of anilines is 1. The number of rotatable bonds is 5. The first kappa shape index (κ1) is 15.8. The van der Waals surface area contributed by atoms with Crippen molar-refractivity contribution in [3.05, 3.63) is 65.2 Å². The summed E-state index contributed by atoms with van der Waals surface area (Å²) in [4.78, 5) is 16.4. The van der Waals surface area contributed by atoms with E-state index in [4.69, 9.17) is 4.84 Å². The van der Waals surface area contributed by atoms with Gasteiger partial charge >= 0.3 is 0 Å². The van der Waals surface area contributed by atoms with Crippen LogP contribution >= 0.6 is 0 Å². The Morgan fingerprint density at radius 2 is 1.86 bits per heavy atom. The predicted molar refractivity (Wildman–Crippen MR) is 88.9 cm³/mol. The minimum absolute atomic E-state index is 0.0837. The van der Waals surface area contributed by atoms with Crippen molar-refractivity contribution >= 4 is 17.3 Å². The number of oxime groups is 1. The molecule has 0 fully saturated rings. The van der Waals surface area contributed by atoms with E-state index >= 15 is 0 Å². The smallest absolute Gasteiger partial charge is 0.221 e. The molecule has 0 aromatic heterocycles. The summed E-state index contributed by atoms with van der Waals surface area (Å²) in [6, 6.07) is 15.6. The Balaban J connectivity index is 1.95. The fourth-order valence-corrected chi connectivity index (χ4v) is 2.06. The highest BCUT2D eigenvalue weighted by atomic mass is 16.6. The second-order valence-electron chi connectivity index (χ2n) is 5.20. The quantitative estimate of drug-likeness (QED) is 0.672. The van der Waals surface area contributed by atoms with Gasteiger partial charge in [0, 0.05) is 12.6 Å². The maximum absolute atomic E-state index is 11.0. The molecule has 22 heavy (non-hydrogen) atoms. The molecule has 4 heteroatoms. The second-order valence-corrected chi connectivity index (χ2v) is 5.20. The number of carbonyl (C=O) groups is 1. The Morgan fingerprint density at radius 3 is 2.50 bits per heavy atom. The molecule has 1 amide bonds. The largest absolute Gasteiger partial charge is 0.391 e. The van der Waals surface area contributed by atoms with Gasteiger partial charge in [0.2, 0.25) is 5.91 Å². The molecule has 0 heterocycles. The summed E-state index contributed by atoms with van der Waals surface area (Å²) in [5, 5.41) is 6.87. The summed E-state index contributed by atoms with van der Waals surface area (Å²) in [6.45, 7) is 5.88. The van der Waals surface area contributed by atoms with Gasteiger partial charge in [-0.15, -0.1) is 0 Å². The minimum Gasteiger partial charge on any atom is -0.391 e. The van der Waals surface area contributed by atoms with Crippen molar-refractivity contribution in [1.29, 1.82) is 0 Å². The normalized spacial score (nSPS) is 11.1. The number of hydrogen-bond donors (Lipinski definition) is 1. The van der Waals surface area contributed by atoms with Gasteiger partial charge in [-0.2, -0.15) is 0 Å². The van der Waals surface area contributed by atoms with Crippen molar-refractivity contribution < 1.29 is 9.63 Å². The highest BCUT2D eigenvalue weighted by Crippen LogP contribution is 2.11. The van der Waals surface area contributed by atoms with E-state index in [1.54, 1.807) is 0 Å². The summed E-state index contributed by atoms with van der Waals surface area (Å²) in [5.41, 5.74) is 4.82. The van der Waals surface area contributed by atoms with Crippen LogP contribution in [-0.2, 0) is 16.2 Å². The fourth-order valence-electron chi connectivity index (χ4n) is 2.06. The first-order chi connectivity index (χ1) is 10.5. The second kappa shape index (κ2) is 7.41. The Hall–Kier alpha value is -2.62.